The molecule has 1 atom stereocenters. The van der Waals surface area contributed by atoms with Gasteiger partial charge in [-0.05, 0) is 31.2 Å². The molecule has 1 aromatic heterocycles. The van der Waals surface area contributed by atoms with Crippen molar-refractivity contribution < 1.29 is 18.0 Å². The average molecular weight is 418 g/mol. The van der Waals surface area contributed by atoms with Gasteiger partial charge in [0.1, 0.15) is 23.1 Å². The predicted octanol–water partition coefficient (Wildman–Crippen LogP) is 4.67. The van der Waals surface area contributed by atoms with Gasteiger partial charge in [0.25, 0.3) is 0 Å². The van der Waals surface area contributed by atoms with E-state index in [1.807, 2.05) is 0 Å². The molecule has 0 saturated carbocycles. The van der Waals surface area contributed by atoms with Crippen molar-refractivity contribution in [3.05, 3.63) is 72.6 Å². The molecule has 0 aliphatic rings. The zero-order valence-electron chi connectivity index (χ0n) is 15.4. The van der Waals surface area contributed by atoms with Gasteiger partial charge in [0, 0.05) is 6.54 Å². The number of hydrogen-bond donors (Lipinski definition) is 1. The molecule has 0 bridgehead atoms. The molecule has 3 rings (SSSR count). The van der Waals surface area contributed by atoms with Gasteiger partial charge in [0.15, 0.2) is 11.0 Å². The maximum absolute atomic E-state index is 14.2. The number of carbonyl (C=O) groups excluding carboxylic acids is 1. The number of nitrogens with zero attached hydrogens (tertiary/aromatic N) is 3. The van der Waals surface area contributed by atoms with E-state index in [4.69, 9.17) is 0 Å². The Bertz CT molecular complexity index is 1030. The summed E-state index contributed by atoms with van der Waals surface area (Å²) in [5, 5.41) is 9.94. The SMILES string of the molecule is C=CCn1c(SC(C)C(=O)Nc2c(F)cccc2F)nnc1-c1ccccc1F. The molecule has 0 spiro atoms. The Kier molecular flexibility index (Phi) is 6.38. The molecule has 0 saturated heterocycles. The Balaban J connectivity index is 1.83. The first-order valence-electron chi connectivity index (χ1n) is 8.63. The summed E-state index contributed by atoms with van der Waals surface area (Å²) in [6, 6.07) is 9.45. The van der Waals surface area contributed by atoms with Gasteiger partial charge in [-0.2, -0.15) is 0 Å². The molecule has 1 unspecified atom stereocenters. The highest BCUT2D eigenvalue weighted by atomic mass is 32.2. The van der Waals surface area contributed by atoms with E-state index < -0.39 is 34.3 Å². The van der Waals surface area contributed by atoms with Crippen LogP contribution in [-0.2, 0) is 11.3 Å². The van der Waals surface area contributed by atoms with Gasteiger partial charge in [0.2, 0.25) is 5.91 Å². The fraction of sp³-hybridized carbons (Fsp3) is 0.150. The van der Waals surface area contributed by atoms with Gasteiger partial charge in [-0.25, -0.2) is 13.2 Å². The van der Waals surface area contributed by atoms with Gasteiger partial charge in [-0.3, -0.25) is 9.36 Å². The Labute approximate surface area is 169 Å². The molecule has 150 valence electrons. The number of aromatic nitrogens is 3. The molecular weight excluding hydrogens is 401 g/mol. The van der Waals surface area contributed by atoms with Gasteiger partial charge >= 0.3 is 0 Å². The highest BCUT2D eigenvalue weighted by Crippen LogP contribution is 2.29. The number of amides is 1. The van der Waals surface area contributed by atoms with Crippen molar-refractivity contribution in [1.82, 2.24) is 14.8 Å². The molecule has 1 heterocycles. The van der Waals surface area contributed by atoms with Crippen molar-refractivity contribution in [2.24, 2.45) is 0 Å². The lowest BCUT2D eigenvalue weighted by atomic mass is 10.2. The van der Waals surface area contributed by atoms with E-state index in [2.05, 4.69) is 22.1 Å². The Hall–Kier alpha value is -3.07. The van der Waals surface area contributed by atoms with Crippen molar-refractivity contribution in [2.75, 3.05) is 5.32 Å². The van der Waals surface area contributed by atoms with Crippen molar-refractivity contribution >= 4 is 23.4 Å². The number of anilines is 1. The number of rotatable bonds is 7. The molecule has 1 N–H and O–H groups in total. The van der Waals surface area contributed by atoms with Crippen LogP contribution in [0.2, 0.25) is 0 Å². The first kappa shape index (κ1) is 20.7. The zero-order chi connectivity index (χ0) is 21.0. The number of hydrogen-bond acceptors (Lipinski definition) is 4. The fourth-order valence-electron chi connectivity index (χ4n) is 2.57. The van der Waals surface area contributed by atoms with E-state index in [-0.39, 0.29) is 12.1 Å². The number of carbonyl (C=O) groups is 1. The first-order chi connectivity index (χ1) is 13.9. The van der Waals surface area contributed by atoms with E-state index in [1.165, 1.54) is 12.1 Å². The summed E-state index contributed by atoms with van der Waals surface area (Å²) in [5.74, 6) is -2.51. The molecular formula is C20H17F3N4OS. The largest absolute Gasteiger partial charge is 0.320 e. The molecule has 0 aliphatic carbocycles. The second kappa shape index (κ2) is 8.95. The smallest absolute Gasteiger partial charge is 0.237 e. The van der Waals surface area contributed by atoms with Gasteiger partial charge in [-0.1, -0.05) is 36.0 Å². The molecule has 0 fully saturated rings. The molecule has 1 amide bonds. The Morgan fingerprint density at radius 2 is 1.79 bits per heavy atom. The monoisotopic (exact) mass is 418 g/mol. The molecule has 2 aromatic carbocycles. The second-order valence-corrected chi connectivity index (χ2v) is 7.34. The molecule has 0 radical (unpaired) electrons. The third-order valence-corrected chi connectivity index (χ3v) is 5.09. The number of thioether (sulfide) groups is 1. The van der Waals surface area contributed by atoms with E-state index in [0.717, 1.165) is 23.9 Å². The predicted molar refractivity (Wildman–Crippen MR) is 106 cm³/mol. The van der Waals surface area contributed by atoms with Crippen molar-refractivity contribution in [3.8, 4) is 11.4 Å². The molecule has 0 aliphatic heterocycles. The summed E-state index contributed by atoms with van der Waals surface area (Å²) in [6.07, 6.45) is 1.59. The number of nitrogens with one attached hydrogen (secondary N) is 1. The highest BCUT2D eigenvalue weighted by Gasteiger charge is 2.23. The van der Waals surface area contributed by atoms with Crippen LogP contribution >= 0.6 is 11.8 Å². The van der Waals surface area contributed by atoms with Crippen LogP contribution in [0.15, 0.2) is 60.3 Å². The second-order valence-electron chi connectivity index (χ2n) is 6.03. The van der Waals surface area contributed by atoms with Gasteiger partial charge in [0.05, 0.1) is 10.8 Å². The first-order valence-corrected chi connectivity index (χ1v) is 9.51. The van der Waals surface area contributed by atoms with Gasteiger partial charge < -0.3 is 5.32 Å². The highest BCUT2D eigenvalue weighted by molar-refractivity contribution is 8.00. The number of para-hydroxylation sites is 1. The molecule has 5 nitrogen and oxygen atoms in total. The average Bonchev–Trinajstić information content (AvgIpc) is 3.07. The summed E-state index contributed by atoms with van der Waals surface area (Å²) >= 11 is 1.03. The van der Waals surface area contributed by atoms with E-state index >= 15 is 0 Å². The quantitative estimate of drug-likeness (QED) is 0.448. The number of benzene rings is 2. The Morgan fingerprint density at radius 1 is 1.14 bits per heavy atom. The van der Waals surface area contributed by atoms with Crippen LogP contribution in [0.25, 0.3) is 11.4 Å². The fourth-order valence-corrected chi connectivity index (χ4v) is 3.42. The van der Waals surface area contributed by atoms with Gasteiger partial charge in [-0.15, -0.1) is 16.8 Å². The molecule has 9 heteroatoms. The Morgan fingerprint density at radius 3 is 2.45 bits per heavy atom. The summed E-state index contributed by atoms with van der Waals surface area (Å²) in [7, 11) is 0. The number of allylic oxidation sites excluding steroid dienone is 1. The van der Waals surface area contributed by atoms with Crippen molar-refractivity contribution in [2.45, 2.75) is 23.9 Å². The van der Waals surface area contributed by atoms with Crippen LogP contribution in [0.5, 0.6) is 0 Å². The third-order valence-electron chi connectivity index (χ3n) is 4.01. The van der Waals surface area contributed by atoms with E-state index in [0.29, 0.717) is 11.0 Å². The maximum atomic E-state index is 14.2. The minimum absolute atomic E-state index is 0.263. The standard InChI is InChI=1S/C20H17F3N4OS/c1-3-11-27-18(13-7-4-5-8-14(13)21)25-26-20(27)29-12(2)19(28)24-17-15(22)9-6-10-16(17)23/h3-10,12H,1,11H2,2H3,(H,24,28). The lowest BCUT2D eigenvalue weighted by Crippen LogP contribution is -2.24. The summed E-state index contributed by atoms with van der Waals surface area (Å²) < 4.78 is 43.3. The summed E-state index contributed by atoms with van der Waals surface area (Å²) in [5.41, 5.74) is -0.246. The van der Waals surface area contributed by atoms with E-state index in [9.17, 15) is 18.0 Å². The van der Waals surface area contributed by atoms with Crippen LogP contribution in [0.4, 0.5) is 18.9 Å². The van der Waals surface area contributed by atoms with E-state index in [1.54, 1.807) is 35.8 Å². The topological polar surface area (TPSA) is 59.8 Å². The van der Waals surface area contributed by atoms with Crippen molar-refractivity contribution in [1.29, 1.82) is 0 Å². The van der Waals surface area contributed by atoms with Crippen LogP contribution in [0.1, 0.15) is 6.92 Å². The number of halogens is 3. The summed E-state index contributed by atoms with van der Waals surface area (Å²) in [4.78, 5) is 12.4. The molecule has 3 aromatic rings. The zero-order valence-corrected chi connectivity index (χ0v) is 16.2. The third kappa shape index (κ3) is 4.51. The van der Waals surface area contributed by atoms with Crippen LogP contribution in [0, 0.1) is 17.5 Å². The lowest BCUT2D eigenvalue weighted by Gasteiger charge is -2.13. The normalized spacial score (nSPS) is 11.9. The minimum Gasteiger partial charge on any atom is -0.320 e. The van der Waals surface area contributed by atoms with Crippen LogP contribution < -0.4 is 5.32 Å². The lowest BCUT2D eigenvalue weighted by molar-refractivity contribution is -0.115. The van der Waals surface area contributed by atoms with Crippen LogP contribution in [-0.4, -0.2) is 25.9 Å². The molecule has 29 heavy (non-hydrogen) atoms. The minimum atomic E-state index is -0.868. The van der Waals surface area contributed by atoms with Crippen LogP contribution in [0.3, 0.4) is 0 Å². The van der Waals surface area contributed by atoms with Crippen molar-refractivity contribution in [3.63, 3.8) is 0 Å². The summed E-state index contributed by atoms with van der Waals surface area (Å²) in [6.45, 7) is 5.53. The maximum Gasteiger partial charge on any atom is 0.237 e.